The lowest BCUT2D eigenvalue weighted by Crippen LogP contribution is -2.27. The summed E-state index contributed by atoms with van der Waals surface area (Å²) in [7, 11) is 0. The Kier molecular flexibility index (Phi) is 3.00. The third-order valence-corrected chi connectivity index (χ3v) is 2.39. The van der Waals surface area contributed by atoms with Crippen molar-refractivity contribution in [2.45, 2.75) is 13.0 Å². The minimum absolute atomic E-state index is 0.953. The van der Waals surface area contributed by atoms with E-state index in [-0.39, 0.29) is 0 Å². The molecule has 3 nitrogen and oxygen atoms in total. The van der Waals surface area contributed by atoms with Crippen LogP contribution in [0.15, 0.2) is 22.8 Å². The third kappa shape index (κ3) is 2.57. The highest BCUT2D eigenvalue weighted by Crippen LogP contribution is 2.06. The van der Waals surface area contributed by atoms with Crippen LogP contribution in [-0.4, -0.2) is 31.1 Å². The lowest BCUT2D eigenvalue weighted by atomic mass is 10.3. The van der Waals surface area contributed by atoms with Crippen molar-refractivity contribution in [2.24, 2.45) is 0 Å². The molecule has 0 bridgehead atoms. The summed E-state index contributed by atoms with van der Waals surface area (Å²) in [6, 6.07) is 3.99. The molecule has 1 N–H and O–H groups in total. The first-order valence-corrected chi connectivity index (χ1v) is 4.90. The van der Waals surface area contributed by atoms with Gasteiger partial charge in [0, 0.05) is 13.1 Å². The summed E-state index contributed by atoms with van der Waals surface area (Å²) in [5, 5.41) is 3.38. The number of furan rings is 1. The van der Waals surface area contributed by atoms with Crippen LogP contribution in [0.25, 0.3) is 0 Å². The van der Waals surface area contributed by atoms with Crippen LogP contribution in [0.3, 0.4) is 0 Å². The van der Waals surface area contributed by atoms with Gasteiger partial charge in [0.1, 0.15) is 5.76 Å². The number of nitrogens with one attached hydrogen (secondary N) is 1. The van der Waals surface area contributed by atoms with Crippen LogP contribution in [0.1, 0.15) is 12.2 Å². The number of hydrogen-bond acceptors (Lipinski definition) is 3. The van der Waals surface area contributed by atoms with E-state index in [0.29, 0.717) is 0 Å². The highest BCUT2D eigenvalue weighted by atomic mass is 16.3. The van der Waals surface area contributed by atoms with Crippen LogP contribution >= 0.6 is 0 Å². The summed E-state index contributed by atoms with van der Waals surface area (Å²) in [5.41, 5.74) is 0. The standard InChI is InChI=1S/C10H16N2O/c1-3-10(13-8-1)9-12-6-2-4-11-5-7-12/h1,3,8,11H,2,4-7,9H2. The molecule has 0 atom stereocenters. The first kappa shape index (κ1) is 8.78. The molecule has 72 valence electrons. The summed E-state index contributed by atoms with van der Waals surface area (Å²) >= 11 is 0. The maximum atomic E-state index is 5.31. The van der Waals surface area contributed by atoms with Gasteiger partial charge in [-0.05, 0) is 31.6 Å². The highest BCUT2D eigenvalue weighted by Gasteiger charge is 2.09. The average molecular weight is 180 g/mol. The largest absolute Gasteiger partial charge is 0.468 e. The van der Waals surface area contributed by atoms with Crippen LogP contribution in [0.5, 0.6) is 0 Å². The molecule has 0 amide bonds. The van der Waals surface area contributed by atoms with E-state index in [4.69, 9.17) is 4.42 Å². The molecule has 2 heterocycles. The molecule has 1 aliphatic rings. The number of rotatable bonds is 2. The molecular formula is C10H16N2O. The zero-order chi connectivity index (χ0) is 8.93. The Balaban J connectivity index is 1.86. The van der Waals surface area contributed by atoms with Crippen LogP contribution in [0.4, 0.5) is 0 Å². The fourth-order valence-electron chi connectivity index (χ4n) is 1.68. The maximum absolute atomic E-state index is 5.31. The van der Waals surface area contributed by atoms with Gasteiger partial charge in [-0.15, -0.1) is 0 Å². The van der Waals surface area contributed by atoms with Gasteiger partial charge in [-0.25, -0.2) is 0 Å². The van der Waals surface area contributed by atoms with Gasteiger partial charge in [-0.2, -0.15) is 0 Å². The van der Waals surface area contributed by atoms with E-state index >= 15 is 0 Å². The van der Waals surface area contributed by atoms with Gasteiger partial charge < -0.3 is 9.73 Å². The van der Waals surface area contributed by atoms with Gasteiger partial charge in [0.25, 0.3) is 0 Å². The summed E-state index contributed by atoms with van der Waals surface area (Å²) < 4.78 is 5.31. The van der Waals surface area contributed by atoms with Crippen molar-refractivity contribution in [1.82, 2.24) is 10.2 Å². The molecule has 1 aliphatic heterocycles. The molecule has 1 fully saturated rings. The predicted octanol–water partition coefficient (Wildman–Crippen LogP) is 1.07. The topological polar surface area (TPSA) is 28.4 Å². The molecule has 0 spiro atoms. The zero-order valence-electron chi connectivity index (χ0n) is 7.83. The van der Waals surface area contributed by atoms with E-state index in [9.17, 15) is 0 Å². The van der Waals surface area contributed by atoms with Crippen molar-refractivity contribution in [2.75, 3.05) is 26.2 Å². The van der Waals surface area contributed by atoms with Gasteiger partial charge in [0.15, 0.2) is 0 Å². The van der Waals surface area contributed by atoms with E-state index in [1.807, 2.05) is 12.1 Å². The summed E-state index contributed by atoms with van der Waals surface area (Å²) in [6.07, 6.45) is 2.98. The van der Waals surface area contributed by atoms with E-state index in [2.05, 4.69) is 10.2 Å². The molecular weight excluding hydrogens is 164 g/mol. The molecule has 0 aromatic carbocycles. The Labute approximate surface area is 78.7 Å². The maximum Gasteiger partial charge on any atom is 0.117 e. The monoisotopic (exact) mass is 180 g/mol. The molecule has 1 saturated heterocycles. The molecule has 0 saturated carbocycles. The molecule has 13 heavy (non-hydrogen) atoms. The van der Waals surface area contributed by atoms with Crippen molar-refractivity contribution >= 4 is 0 Å². The Hall–Kier alpha value is -0.800. The quantitative estimate of drug-likeness (QED) is 0.738. The molecule has 0 aliphatic carbocycles. The van der Waals surface area contributed by atoms with Crippen molar-refractivity contribution in [3.63, 3.8) is 0 Å². The number of nitrogens with zero attached hydrogens (tertiary/aromatic N) is 1. The van der Waals surface area contributed by atoms with E-state index in [1.165, 1.54) is 13.0 Å². The normalized spacial score (nSPS) is 20.0. The second kappa shape index (κ2) is 4.44. The molecule has 0 unspecified atom stereocenters. The Morgan fingerprint density at radius 2 is 2.38 bits per heavy atom. The van der Waals surface area contributed by atoms with Gasteiger partial charge in [-0.1, -0.05) is 0 Å². The van der Waals surface area contributed by atoms with Gasteiger partial charge >= 0.3 is 0 Å². The third-order valence-electron chi connectivity index (χ3n) is 2.39. The Bertz CT molecular complexity index is 225. The summed E-state index contributed by atoms with van der Waals surface area (Å²) in [5.74, 6) is 1.07. The molecule has 1 aromatic heterocycles. The second-order valence-electron chi connectivity index (χ2n) is 3.46. The van der Waals surface area contributed by atoms with E-state index in [0.717, 1.165) is 31.9 Å². The van der Waals surface area contributed by atoms with Crippen LogP contribution in [0, 0.1) is 0 Å². The summed E-state index contributed by atoms with van der Waals surface area (Å²) in [4.78, 5) is 2.43. The van der Waals surface area contributed by atoms with Crippen LogP contribution in [-0.2, 0) is 6.54 Å². The van der Waals surface area contributed by atoms with Crippen LogP contribution in [0.2, 0.25) is 0 Å². The van der Waals surface area contributed by atoms with Crippen molar-refractivity contribution in [1.29, 1.82) is 0 Å². The fourth-order valence-corrected chi connectivity index (χ4v) is 1.68. The van der Waals surface area contributed by atoms with E-state index < -0.39 is 0 Å². The van der Waals surface area contributed by atoms with Gasteiger partial charge in [0.05, 0.1) is 12.8 Å². The lowest BCUT2D eigenvalue weighted by molar-refractivity contribution is 0.259. The summed E-state index contributed by atoms with van der Waals surface area (Å²) in [6.45, 7) is 5.50. The van der Waals surface area contributed by atoms with Crippen molar-refractivity contribution in [3.8, 4) is 0 Å². The Morgan fingerprint density at radius 3 is 3.23 bits per heavy atom. The molecule has 1 aromatic rings. The molecule has 3 heteroatoms. The van der Waals surface area contributed by atoms with Crippen LogP contribution < -0.4 is 5.32 Å². The van der Waals surface area contributed by atoms with Gasteiger partial charge in [-0.3, -0.25) is 4.90 Å². The molecule has 0 radical (unpaired) electrons. The fraction of sp³-hybridized carbons (Fsp3) is 0.600. The van der Waals surface area contributed by atoms with E-state index in [1.54, 1.807) is 6.26 Å². The SMILES string of the molecule is c1coc(CN2CCCNCC2)c1. The predicted molar refractivity (Wildman–Crippen MR) is 51.5 cm³/mol. The van der Waals surface area contributed by atoms with Gasteiger partial charge in [0.2, 0.25) is 0 Å². The number of hydrogen-bond donors (Lipinski definition) is 1. The Morgan fingerprint density at radius 1 is 1.38 bits per heavy atom. The highest BCUT2D eigenvalue weighted by molar-refractivity contribution is 4.97. The zero-order valence-corrected chi connectivity index (χ0v) is 7.83. The first-order valence-electron chi connectivity index (χ1n) is 4.90. The smallest absolute Gasteiger partial charge is 0.117 e. The molecule has 2 rings (SSSR count). The van der Waals surface area contributed by atoms with Crippen molar-refractivity contribution < 1.29 is 4.42 Å². The lowest BCUT2D eigenvalue weighted by Gasteiger charge is -2.17. The van der Waals surface area contributed by atoms with Crippen molar-refractivity contribution in [3.05, 3.63) is 24.2 Å². The minimum Gasteiger partial charge on any atom is -0.468 e. The minimum atomic E-state index is 0.953. The first-order chi connectivity index (χ1) is 6.45. The average Bonchev–Trinajstić information content (AvgIpc) is 2.49. The second-order valence-corrected chi connectivity index (χ2v) is 3.46.